The van der Waals surface area contributed by atoms with E-state index in [0.29, 0.717) is 12.5 Å². The Labute approximate surface area is 205 Å². The average Bonchev–Trinajstić information content (AvgIpc) is 3.01. The van der Waals surface area contributed by atoms with Gasteiger partial charge in [0.1, 0.15) is 39.0 Å². The Morgan fingerprint density at radius 1 is 1.19 bits per heavy atom. The van der Waals surface area contributed by atoms with Crippen LogP contribution in [0.15, 0.2) is 36.4 Å². The molecule has 36 heavy (non-hydrogen) atoms. The van der Waals surface area contributed by atoms with E-state index in [1.54, 1.807) is 0 Å². The molecule has 1 amide bonds. The average molecular weight is 532 g/mol. The molecule has 2 fully saturated rings. The molecule has 1 saturated heterocycles. The zero-order valence-corrected chi connectivity index (χ0v) is 20.2. The second-order valence-corrected chi connectivity index (χ2v) is 11.5. The van der Waals surface area contributed by atoms with E-state index in [1.807, 2.05) is 0 Å². The molecule has 1 heterocycles. The van der Waals surface area contributed by atoms with Gasteiger partial charge < -0.3 is 10.0 Å². The normalized spacial score (nSPS) is 24.2. The Morgan fingerprint density at radius 3 is 2.39 bits per heavy atom. The molecule has 3 atom stereocenters. The van der Waals surface area contributed by atoms with Crippen LogP contribution in [0.4, 0.5) is 22.0 Å². The number of nitrogens with one attached hydrogen (secondary N) is 2. The molecule has 2 aromatic rings. The Morgan fingerprint density at radius 2 is 1.83 bits per heavy atom. The highest BCUT2D eigenvalue weighted by molar-refractivity contribution is 7.90. The van der Waals surface area contributed by atoms with Crippen molar-refractivity contribution in [2.45, 2.75) is 56.2 Å². The van der Waals surface area contributed by atoms with Crippen molar-refractivity contribution >= 4 is 15.8 Å². The molecule has 1 saturated carbocycles. The minimum absolute atomic E-state index is 0.0951. The topological polar surface area (TPSA) is 93.5 Å². The predicted molar refractivity (Wildman–Crippen MR) is 123 cm³/mol. The number of carbonyl (C=O) groups excluding carboxylic acids is 1. The summed E-state index contributed by atoms with van der Waals surface area (Å²) in [7, 11) is -3.65. The third kappa shape index (κ3) is 4.98. The molecule has 1 aliphatic heterocycles. The summed E-state index contributed by atoms with van der Waals surface area (Å²) in [5, 5.41) is 10.6. The van der Waals surface area contributed by atoms with E-state index in [2.05, 4.69) is 4.72 Å². The Bertz CT molecular complexity index is 1260. The lowest BCUT2D eigenvalue weighted by molar-refractivity contribution is -0.162. The van der Waals surface area contributed by atoms with Gasteiger partial charge in [-0.05, 0) is 48.9 Å². The van der Waals surface area contributed by atoms with E-state index in [4.69, 9.17) is 4.78 Å². The van der Waals surface area contributed by atoms with Crippen LogP contribution in [0.5, 0.6) is 0 Å². The lowest BCUT2D eigenvalue weighted by atomic mass is 9.79. The first-order chi connectivity index (χ1) is 16.8. The Balaban J connectivity index is 1.75. The highest BCUT2D eigenvalue weighted by Gasteiger charge is 2.59. The molecule has 0 radical (unpaired) electrons. The molecular formula is C24H26F5N3O3S. The number of alkyl halides is 2. The number of carbonyl (C=O) groups is 1. The van der Waals surface area contributed by atoms with E-state index in [-0.39, 0.29) is 35.3 Å². The lowest BCUT2D eigenvalue weighted by Crippen LogP contribution is -2.57. The number of likely N-dealkylation sites (tertiary alicyclic amines) is 1. The van der Waals surface area contributed by atoms with Crippen LogP contribution in [0.25, 0.3) is 11.1 Å². The van der Waals surface area contributed by atoms with E-state index in [1.165, 1.54) is 25.1 Å². The summed E-state index contributed by atoms with van der Waals surface area (Å²) in [5.41, 5.74) is -2.21. The molecule has 0 spiro atoms. The zero-order valence-electron chi connectivity index (χ0n) is 19.4. The number of hydrogen-bond acceptors (Lipinski definition) is 4. The van der Waals surface area contributed by atoms with Gasteiger partial charge in [0, 0.05) is 17.4 Å². The van der Waals surface area contributed by atoms with Gasteiger partial charge in [0.2, 0.25) is 0 Å². The van der Waals surface area contributed by atoms with E-state index < -0.39 is 69.8 Å². The molecule has 0 bridgehead atoms. The minimum Gasteiger partial charge on any atom is -0.380 e. The van der Waals surface area contributed by atoms with Crippen molar-refractivity contribution in [1.82, 2.24) is 9.62 Å². The molecule has 0 aromatic heterocycles. The first kappa shape index (κ1) is 26.5. The molecule has 2 aromatic carbocycles. The van der Waals surface area contributed by atoms with E-state index in [9.17, 15) is 22.9 Å². The van der Waals surface area contributed by atoms with E-state index >= 15 is 13.2 Å². The van der Waals surface area contributed by atoms with Crippen molar-refractivity contribution in [3.05, 3.63) is 59.4 Å². The summed E-state index contributed by atoms with van der Waals surface area (Å²) in [5.74, 6) is -7.61. The van der Waals surface area contributed by atoms with Crippen LogP contribution in [-0.4, -0.2) is 56.0 Å². The van der Waals surface area contributed by atoms with E-state index in [0.717, 1.165) is 17.0 Å². The second-order valence-electron chi connectivity index (χ2n) is 9.35. The second kappa shape index (κ2) is 9.38. The smallest absolute Gasteiger partial charge is 0.283 e. The van der Waals surface area contributed by atoms with Gasteiger partial charge in [-0.25, -0.2) is 35.7 Å². The molecule has 12 heteroatoms. The molecule has 6 nitrogen and oxygen atoms in total. The minimum atomic E-state index is -3.65. The third-order valence-corrected chi connectivity index (χ3v) is 8.31. The predicted octanol–water partition coefficient (Wildman–Crippen LogP) is 4.01. The molecule has 1 unspecified atom stereocenters. The maximum atomic E-state index is 15.5. The highest BCUT2D eigenvalue weighted by atomic mass is 32.2. The summed E-state index contributed by atoms with van der Waals surface area (Å²) in [6, 6.07) is 3.03. The molecule has 196 valence electrons. The fourth-order valence-corrected chi connectivity index (χ4v) is 5.60. The number of amides is 1. The molecule has 2 aliphatic rings. The summed E-state index contributed by atoms with van der Waals surface area (Å²) in [6.07, 6.45) is 0.248. The van der Waals surface area contributed by atoms with Crippen LogP contribution in [0.3, 0.4) is 0 Å². The molecule has 1 aliphatic carbocycles. The summed E-state index contributed by atoms with van der Waals surface area (Å²) in [4.78, 5) is 13.9. The standard InChI is InChI=1S/C24H26F5N3O3S/c1-2-36(30,35)31-21-19(32(13-24(21,28)29)22(33)23(34)7-4-8-23)11-14-5-3-6-18(20(14)27)15-9-16(25)12-17(26)10-15/h3,5-6,9-10,12,19,21,34H,2,4,7-8,11,13H2,1H3,(H2,30,31,35)/t19-,21+,36?/m0/s1. The largest absolute Gasteiger partial charge is 0.380 e. The SMILES string of the molecule is CCS(=N)(=O)N[C@@H]1[C@H](Cc2cccc(-c3cc(F)cc(F)c3)c2F)N(C(=O)C2(O)CCC2)CC1(F)F. The van der Waals surface area contributed by atoms with Gasteiger partial charge in [-0.1, -0.05) is 25.1 Å². The molecule has 4 rings (SSSR count). The van der Waals surface area contributed by atoms with Crippen molar-refractivity contribution < 1.29 is 36.1 Å². The first-order valence-electron chi connectivity index (χ1n) is 11.5. The van der Waals surface area contributed by atoms with Gasteiger partial charge in [-0.15, -0.1) is 0 Å². The maximum Gasteiger partial charge on any atom is 0.283 e. The number of nitrogens with zero attached hydrogens (tertiary/aromatic N) is 1. The van der Waals surface area contributed by atoms with Crippen molar-refractivity contribution in [2.75, 3.05) is 12.3 Å². The van der Waals surface area contributed by atoms with Gasteiger partial charge in [0.25, 0.3) is 11.8 Å². The number of hydrogen-bond donors (Lipinski definition) is 3. The van der Waals surface area contributed by atoms with Crippen LogP contribution in [-0.2, 0) is 21.1 Å². The van der Waals surface area contributed by atoms with Crippen LogP contribution < -0.4 is 4.72 Å². The van der Waals surface area contributed by atoms with Gasteiger partial charge in [0.05, 0.1) is 12.6 Å². The zero-order chi connectivity index (χ0) is 26.5. The van der Waals surface area contributed by atoms with Gasteiger partial charge in [-0.3, -0.25) is 4.79 Å². The van der Waals surface area contributed by atoms with Crippen molar-refractivity contribution in [3.8, 4) is 11.1 Å². The maximum absolute atomic E-state index is 15.5. The number of halogens is 5. The molecule has 3 N–H and O–H groups in total. The number of benzene rings is 2. The van der Waals surface area contributed by atoms with Crippen LogP contribution in [0.1, 0.15) is 31.7 Å². The Hall–Kier alpha value is -2.57. The summed E-state index contributed by atoms with van der Waals surface area (Å²) in [6.45, 7) is 0.276. The third-order valence-electron chi connectivity index (χ3n) is 6.87. The van der Waals surface area contributed by atoms with Gasteiger partial charge in [0.15, 0.2) is 0 Å². The van der Waals surface area contributed by atoms with Crippen LogP contribution >= 0.6 is 0 Å². The quantitative estimate of drug-likeness (QED) is 0.472. The fourth-order valence-electron chi connectivity index (χ4n) is 4.70. The number of rotatable bonds is 7. The van der Waals surface area contributed by atoms with Crippen molar-refractivity contribution in [1.29, 1.82) is 4.78 Å². The highest BCUT2D eigenvalue weighted by Crippen LogP contribution is 2.41. The monoisotopic (exact) mass is 531 g/mol. The first-order valence-corrected chi connectivity index (χ1v) is 13.2. The number of aliphatic hydroxyl groups is 1. The summed E-state index contributed by atoms with van der Waals surface area (Å²) >= 11 is 0. The van der Waals surface area contributed by atoms with Gasteiger partial charge >= 0.3 is 0 Å². The fraction of sp³-hybridized carbons (Fsp3) is 0.458. The van der Waals surface area contributed by atoms with Crippen molar-refractivity contribution in [2.24, 2.45) is 0 Å². The summed E-state index contributed by atoms with van der Waals surface area (Å²) < 4.78 is 95.7. The van der Waals surface area contributed by atoms with Crippen LogP contribution in [0.2, 0.25) is 0 Å². The lowest BCUT2D eigenvalue weighted by Gasteiger charge is -2.40. The Kier molecular flexibility index (Phi) is 6.91. The van der Waals surface area contributed by atoms with Gasteiger partial charge in [-0.2, -0.15) is 0 Å². The molecular weight excluding hydrogens is 505 g/mol. The van der Waals surface area contributed by atoms with Crippen molar-refractivity contribution in [3.63, 3.8) is 0 Å². The van der Waals surface area contributed by atoms with Crippen LogP contribution in [0, 0.1) is 22.2 Å².